The first-order chi connectivity index (χ1) is 13.4. The fourth-order valence-corrected chi connectivity index (χ4v) is 4.41. The van der Waals surface area contributed by atoms with Crippen LogP contribution in [0.2, 0.25) is 0 Å². The lowest BCUT2D eigenvalue weighted by atomic mass is 9.78. The minimum atomic E-state index is -4.44. The lowest BCUT2D eigenvalue weighted by Crippen LogP contribution is -2.50. The van der Waals surface area contributed by atoms with Crippen LogP contribution in [0.4, 0.5) is 13.2 Å². The van der Waals surface area contributed by atoms with E-state index < -0.39 is 11.7 Å². The Bertz CT molecular complexity index is 848. The van der Waals surface area contributed by atoms with Crippen LogP contribution in [0.15, 0.2) is 24.3 Å². The van der Waals surface area contributed by atoms with Crippen molar-refractivity contribution in [3.8, 4) is 11.4 Å². The number of carbonyl (C=O) groups excluding carboxylic acids is 1. The van der Waals surface area contributed by atoms with Gasteiger partial charge in [0.05, 0.1) is 5.56 Å². The van der Waals surface area contributed by atoms with Crippen molar-refractivity contribution >= 4 is 5.91 Å². The molecule has 0 bridgehead atoms. The second-order valence-electron chi connectivity index (χ2n) is 7.56. The number of likely N-dealkylation sites (tertiary alicyclic amines) is 1. The standard InChI is InChI=1S/C19H22F3N5O/c20-19(21,22)15-8-3-6-14(11-15)18-23-25-27(24-18)12-17(28)26-10-4-7-13-5-1-2-9-16(13)26/h3,6,8,11,13,16H,1-2,4-5,7,9-10,12H2/t13-,16+/m1/s1. The number of piperidine rings is 1. The molecule has 28 heavy (non-hydrogen) atoms. The Balaban J connectivity index is 1.47. The molecule has 2 atom stereocenters. The van der Waals surface area contributed by atoms with Crippen molar-refractivity contribution in [2.45, 2.75) is 57.3 Å². The molecule has 0 spiro atoms. The van der Waals surface area contributed by atoms with E-state index in [-0.39, 0.29) is 23.8 Å². The normalized spacial score (nSPS) is 22.8. The summed E-state index contributed by atoms with van der Waals surface area (Å²) in [6.45, 7) is 0.699. The van der Waals surface area contributed by atoms with Gasteiger partial charge in [0, 0.05) is 18.2 Å². The van der Waals surface area contributed by atoms with Crippen LogP contribution in [-0.4, -0.2) is 43.6 Å². The molecule has 1 aliphatic heterocycles. The number of tetrazole rings is 1. The van der Waals surface area contributed by atoms with Gasteiger partial charge in [0.2, 0.25) is 11.7 Å². The zero-order valence-electron chi connectivity index (χ0n) is 15.4. The highest BCUT2D eigenvalue weighted by molar-refractivity contribution is 5.76. The van der Waals surface area contributed by atoms with E-state index in [4.69, 9.17) is 0 Å². The molecule has 2 aliphatic rings. The summed E-state index contributed by atoms with van der Waals surface area (Å²) in [4.78, 5) is 15.9. The van der Waals surface area contributed by atoms with Gasteiger partial charge in [-0.2, -0.15) is 18.0 Å². The smallest absolute Gasteiger partial charge is 0.338 e. The molecule has 1 aliphatic carbocycles. The van der Waals surface area contributed by atoms with Gasteiger partial charge in [0.1, 0.15) is 6.54 Å². The summed E-state index contributed by atoms with van der Waals surface area (Å²) >= 11 is 0. The number of halogens is 3. The van der Waals surface area contributed by atoms with Gasteiger partial charge in [-0.1, -0.05) is 25.0 Å². The Labute approximate surface area is 160 Å². The van der Waals surface area contributed by atoms with Crippen LogP contribution in [0.5, 0.6) is 0 Å². The quantitative estimate of drug-likeness (QED) is 0.800. The number of amides is 1. The van der Waals surface area contributed by atoms with Crippen LogP contribution in [-0.2, 0) is 17.5 Å². The molecular weight excluding hydrogens is 371 g/mol. The fraction of sp³-hybridized carbons (Fsp3) is 0.579. The van der Waals surface area contributed by atoms with Gasteiger partial charge in [-0.15, -0.1) is 10.2 Å². The number of aromatic nitrogens is 4. The SMILES string of the molecule is O=C(Cn1nnc(-c2cccc(C(F)(F)F)c2)n1)N1CCC[C@H]2CCCC[C@@H]21. The highest BCUT2D eigenvalue weighted by atomic mass is 19.4. The zero-order chi connectivity index (χ0) is 19.7. The molecule has 0 radical (unpaired) electrons. The first kappa shape index (κ1) is 18.9. The molecular formula is C19H22F3N5O. The Morgan fingerprint density at radius 1 is 1.14 bits per heavy atom. The van der Waals surface area contributed by atoms with Gasteiger partial charge >= 0.3 is 6.18 Å². The molecule has 1 saturated carbocycles. The van der Waals surface area contributed by atoms with E-state index in [1.807, 2.05) is 4.90 Å². The summed E-state index contributed by atoms with van der Waals surface area (Å²) in [5.74, 6) is 0.605. The Hall–Kier alpha value is -2.45. The average molecular weight is 393 g/mol. The molecule has 2 fully saturated rings. The predicted octanol–water partition coefficient (Wildman–Crippen LogP) is 3.54. The summed E-state index contributed by atoms with van der Waals surface area (Å²) < 4.78 is 38.7. The van der Waals surface area contributed by atoms with Gasteiger partial charge in [0.25, 0.3) is 0 Å². The zero-order valence-corrected chi connectivity index (χ0v) is 15.4. The first-order valence-electron chi connectivity index (χ1n) is 9.67. The minimum absolute atomic E-state index is 0.0464. The molecule has 4 rings (SSSR count). The molecule has 1 aromatic heterocycles. The largest absolute Gasteiger partial charge is 0.416 e. The molecule has 6 nitrogen and oxygen atoms in total. The van der Waals surface area contributed by atoms with Crippen molar-refractivity contribution in [3.05, 3.63) is 29.8 Å². The average Bonchev–Trinajstić information content (AvgIpc) is 3.15. The molecule has 2 aromatic rings. The van der Waals surface area contributed by atoms with Crippen LogP contribution in [0.3, 0.4) is 0 Å². The second-order valence-corrected chi connectivity index (χ2v) is 7.56. The highest BCUT2D eigenvalue weighted by Crippen LogP contribution is 2.35. The van der Waals surface area contributed by atoms with Crippen LogP contribution in [0.25, 0.3) is 11.4 Å². The van der Waals surface area contributed by atoms with Crippen molar-refractivity contribution in [1.29, 1.82) is 0 Å². The maximum Gasteiger partial charge on any atom is 0.416 e. The van der Waals surface area contributed by atoms with Gasteiger partial charge < -0.3 is 4.90 Å². The van der Waals surface area contributed by atoms with Gasteiger partial charge in [-0.05, 0) is 48.9 Å². The van der Waals surface area contributed by atoms with E-state index in [0.717, 1.165) is 37.9 Å². The Morgan fingerprint density at radius 3 is 2.75 bits per heavy atom. The highest BCUT2D eigenvalue weighted by Gasteiger charge is 2.36. The number of fused-ring (bicyclic) bond motifs is 1. The summed E-state index contributed by atoms with van der Waals surface area (Å²) in [6, 6.07) is 5.08. The molecule has 0 N–H and O–H groups in total. The monoisotopic (exact) mass is 393 g/mol. The van der Waals surface area contributed by atoms with Crippen LogP contribution in [0.1, 0.15) is 44.1 Å². The molecule has 9 heteroatoms. The van der Waals surface area contributed by atoms with Gasteiger partial charge in [-0.25, -0.2) is 0 Å². The molecule has 1 amide bonds. The van der Waals surface area contributed by atoms with E-state index in [0.29, 0.717) is 12.0 Å². The van der Waals surface area contributed by atoms with E-state index in [1.54, 1.807) is 0 Å². The second kappa shape index (κ2) is 7.52. The minimum Gasteiger partial charge on any atom is -0.338 e. The maximum atomic E-state index is 12.9. The number of nitrogens with zero attached hydrogens (tertiary/aromatic N) is 5. The van der Waals surface area contributed by atoms with Crippen LogP contribution in [0, 0.1) is 5.92 Å². The topological polar surface area (TPSA) is 63.9 Å². The van der Waals surface area contributed by atoms with Crippen molar-refractivity contribution < 1.29 is 18.0 Å². The number of rotatable bonds is 3. The molecule has 150 valence electrons. The van der Waals surface area contributed by atoms with Gasteiger partial charge in [-0.3, -0.25) is 4.79 Å². The van der Waals surface area contributed by atoms with E-state index in [1.165, 1.54) is 36.2 Å². The lowest BCUT2D eigenvalue weighted by Gasteiger charge is -2.44. The van der Waals surface area contributed by atoms with Crippen LogP contribution < -0.4 is 0 Å². The van der Waals surface area contributed by atoms with E-state index in [2.05, 4.69) is 15.4 Å². The van der Waals surface area contributed by atoms with Crippen molar-refractivity contribution in [2.75, 3.05) is 6.54 Å². The summed E-state index contributed by atoms with van der Waals surface area (Å²) in [7, 11) is 0. The van der Waals surface area contributed by atoms with E-state index >= 15 is 0 Å². The number of benzene rings is 1. The summed E-state index contributed by atoms with van der Waals surface area (Å²) in [5, 5.41) is 11.8. The van der Waals surface area contributed by atoms with Crippen molar-refractivity contribution in [2.24, 2.45) is 5.92 Å². The number of hydrogen-bond acceptors (Lipinski definition) is 4. The van der Waals surface area contributed by atoms with Crippen LogP contribution >= 0.6 is 0 Å². The third kappa shape index (κ3) is 3.88. The molecule has 2 heterocycles. The summed E-state index contributed by atoms with van der Waals surface area (Å²) in [6.07, 6.45) is 2.34. The predicted molar refractivity (Wildman–Crippen MR) is 94.9 cm³/mol. The van der Waals surface area contributed by atoms with E-state index in [9.17, 15) is 18.0 Å². The van der Waals surface area contributed by atoms with Crippen molar-refractivity contribution in [3.63, 3.8) is 0 Å². The molecule has 1 aromatic carbocycles. The first-order valence-corrected chi connectivity index (χ1v) is 9.67. The fourth-order valence-electron chi connectivity index (χ4n) is 4.41. The molecule has 1 saturated heterocycles. The third-order valence-corrected chi connectivity index (χ3v) is 5.74. The number of hydrogen-bond donors (Lipinski definition) is 0. The molecule has 0 unspecified atom stereocenters. The third-order valence-electron chi connectivity index (χ3n) is 5.74. The maximum absolute atomic E-state index is 12.9. The number of carbonyl (C=O) groups is 1. The number of alkyl halides is 3. The Kier molecular flexibility index (Phi) is 5.07. The summed E-state index contributed by atoms with van der Waals surface area (Å²) in [5.41, 5.74) is -0.548. The Morgan fingerprint density at radius 2 is 1.93 bits per heavy atom. The lowest BCUT2D eigenvalue weighted by molar-refractivity contribution is -0.139. The van der Waals surface area contributed by atoms with Crippen molar-refractivity contribution in [1.82, 2.24) is 25.1 Å². The van der Waals surface area contributed by atoms with Gasteiger partial charge in [0.15, 0.2) is 0 Å².